The molecule has 1 aromatic heterocycles. The molecule has 26 heavy (non-hydrogen) atoms. The second-order valence-electron chi connectivity index (χ2n) is 6.91. The van der Waals surface area contributed by atoms with Crippen molar-refractivity contribution in [3.05, 3.63) is 47.8 Å². The van der Waals surface area contributed by atoms with Crippen molar-refractivity contribution in [3.63, 3.8) is 0 Å². The van der Waals surface area contributed by atoms with Crippen molar-refractivity contribution in [2.75, 3.05) is 22.9 Å². The van der Waals surface area contributed by atoms with Crippen LogP contribution in [0.3, 0.4) is 0 Å². The highest BCUT2D eigenvalue weighted by molar-refractivity contribution is 6.05. The number of hydrogen-bond acceptors (Lipinski definition) is 4. The van der Waals surface area contributed by atoms with Crippen molar-refractivity contribution < 1.29 is 4.79 Å². The Morgan fingerprint density at radius 1 is 1.23 bits per heavy atom. The molecule has 2 aromatic rings. The van der Waals surface area contributed by atoms with E-state index in [4.69, 9.17) is 0 Å². The third-order valence-corrected chi connectivity index (χ3v) is 5.12. The molecule has 0 saturated carbocycles. The predicted octanol–water partition coefficient (Wildman–Crippen LogP) is 4.22. The Morgan fingerprint density at radius 3 is 2.65 bits per heavy atom. The van der Waals surface area contributed by atoms with Crippen LogP contribution in [-0.4, -0.2) is 35.0 Å². The summed E-state index contributed by atoms with van der Waals surface area (Å²) in [4.78, 5) is 26.0. The van der Waals surface area contributed by atoms with E-state index in [1.54, 1.807) is 17.3 Å². The fraction of sp³-hybridized carbons (Fsp3) is 0.476. The first-order valence-electron chi connectivity index (χ1n) is 9.61. The minimum Gasteiger partial charge on any atom is -0.338 e. The van der Waals surface area contributed by atoms with E-state index in [2.05, 4.69) is 21.8 Å². The quantitative estimate of drug-likeness (QED) is 0.808. The highest BCUT2D eigenvalue weighted by Crippen LogP contribution is 2.24. The van der Waals surface area contributed by atoms with Gasteiger partial charge in [-0.3, -0.25) is 4.79 Å². The fourth-order valence-corrected chi connectivity index (χ4v) is 3.66. The molecule has 1 saturated heterocycles. The molecule has 5 heteroatoms. The van der Waals surface area contributed by atoms with Gasteiger partial charge >= 0.3 is 0 Å². The van der Waals surface area contributed by atoms with E-state index in [0.29, 0.717) is 18.2 Å². The van der Waals surface area contributed by atoms with Crippen LogP contribution >= 0.6 is 0 Å². The van der Waals surface area contributed by atoms with Crippen LogP contribution in [0.5, 0.6) is 0 Å². The molecule has 0 aliphatic carbocycles. The smallest absolute Gasteiger partial charge is 0.261 e. The van der Waals surface area contributed by atoms with Crippen molar-refractivity contribution in [3.8, 4) is 0 Å². The molecular formula is C21H28N4O. The Hall–Kier alpha value is -2.43. The van der Waals surface area contributed by atoms with Crippen LogP contribution in [0, 0.1) is 6.92 Å². The largest absolute Gasteiger partial charge is 0.338 e. The summed E-state index contributed by atoms with van der Waals surface area (Å²) in [6.07, 6.45) is 8.08. The topological polar surface area (TPSA) is 49.3 Å². The van der Waals surface area contributed by atoms with E-state index in [1.165, 1.54) is 19.3 Å². The number of rotatable bonds is 5. The van der Waals surface area contributed by atoms with E-state index >= 15 is 0 Å². The molecule has 1 aliphatic rings. The Bertz CT molecular complexity index is 744. The molecule has 138 valence electrons. The van der Waals surface area contributed by atoms with Gasteiger partial charge in [0.2, 0.25) is 5.95 Å². The summed E-state index contributed by atoms with van der Waals surface area (Å²) in [6.45, 7) is 7.82. The molecule has 0 spiro atoms. The van der Waals surface area contributed by atoms with Crippen molar-refractivity contribution >= 4 is 17.5 Å². The van der Waals surface area contributed by atoms with Crippen LogP contribution in [0.2, 0.25) is 0 Å². The summed E-state index contributed by atoms with van der Waals surface area (Å²) in [5, 5.41) is 0. The van der Waals surface area contributed by atoms with Gasteiger partial charge in [-0.15, -0.1) is 0 Å². The first-order valence-corrected chi connectivity index (χ1v) is 9.61. The third kappa shape index (κ3) is 3.87. The van der Waals surface area contributed by atoms with Gasteiger partial charge in [0.1, 0.15) is 0 Å². The lowest BCUT2D eigenvalue weighted by Crippen LogP contribution is -2.40. The van der Waals surface area contributed by atoms with Gasteiger partial charge in [0, 0.05) is 37.2 Å². The van der Waals surface area contributed by atoms with Crippen molar-refractivity contribution in [2.45, 2.75) is 52.5 Å². The highest BCUT2D eigenvalue weighted by atomic mass is 16.2. The van der Waals surface area contributed by atoms with Crippen molar-refractivity contribution in [1.29, 1.82) is 0 Å². The molecule has 1 aliphatic heterocycles. The van der Waals surface area contributed by atoms with Crippen LogP contribution in [0.4, 0.5) is 11.6 Å². The van der Waals surface area contributed by atoms with Crippen LogP contribution in [0.1, 0.15) is 55.5 Å². The Labute approximate surface area is 156 Å². The summed E-state index contributed by atoms with van der Waals surface area (Å²) in [7, 11) is 0. The van der Waals surface area contributed by atoms with E-state index in [-0.39, 0.29) is 5.91 Å². The normalized spacial score (nSPS) is 17.2. The van der Waals surface area contributed by atoms with Gasteiger partial charge in [-0.25, -0.2) is 9.97 Å². The Balaban J connectivity index is 1.79. The molecule has 0 N–H and O–H groups in total. The molecule has 1 aromatic carbocycles. The lowest BCUT2D eigenvalue weighted by atomic mass is 10.0. The molecule has 0 radical (unpaired) electrons. The highest BCUT2D eigenvalue weighted by Gasteiger charge is 2.24. The zero-order valence-corrected chi connectivity index (χ0v) is 16.0. The summed E-state index contributed by atoms with van der Waals surface area (Å²) >= 11 is 0. The van der Waals surface area contributed by atoms with Gasteiger partial charge in [0.15, 0.2) is 0 Å². The standard InChI is InChI=1S/C21H28N4O/c1-4-18-10-6-7-12-25(18)21-22-14-17(15-23-21)20(26)24(5-2)19-11-8-9-16(3)13-19/h8-9,11,13-15,18H,4-7,10,12H2,1-3H3. The summed E-state index contributed by atoms with van der Waals surface area (Å²) < 4.78 is 0. The molecular weight excluding hydrogens is 324 g/mol. The minimum absolute atomic E-state index is 0.0599. The van der Waals surface area contributed by atoms with Gasteiger partial charge in [-0.05, 0) is 57.2 Å². The number of amides is 1. The molecule has 1 amide bonds. The molecule has 5 nitrogen and oxygen atoms in total. The number of carbonyl (C=O) groups excluding carboxylic acids is 1. The lowest BCUT2D eigenvalue weighted by molar-refractivity contribution is 0.0987. The second kappa shape index (κ2) is 8.30. The fourth-order valence-electron chi connectivity index (χ4n) is 3.66. The summed E-state index contributed by atoms with van der Waals surface area (Å²) in [5.41, 5.74) is 2.57. The molecule has 3 rings (SSSR count). The average molecular weight is 352 g/mol. The average Bonchev–Trinajstić information content (AvgIpc) is 2.68. The molecule has 0 bridgehead atoms. The first kappa shape index (κ1) is 18.4. The molecule has 2 heterocycles. The van der Waals surface area contributed by atoms with E-state index in [1.807, 2.05) is 38.1 Å². The Morgan fingerprint density at radius 2 is 2.00 bits per heavy atom. The van der Waals surface area contributed by atoms with Gasteiger partial charge in [0.25, 0.3) is 5.91 Å². The number of carbonyl (C=O) groups is 1. The SMILES string of the molecule is CCC1CCCCN1c1ncc(C(=O)N(CC)c2cccc(C)c2)cn1. The number of anilines is 2. The zero-order valence-electron chi connectivity index (χ0n) is 16.0. The molecule has 1 atom stereocenters. The van der Waals surface area contributed by atoms with Crippen molar-refractivity contribution in [2.24, 2.45) is 0 Å². The van der Waals surface area contributed by atoms with Crippen LogP contribution in [0.25, 0.3) is 0 Å². The van der Waals surface area contributed by atoms with Gasteiger partial charge in [0.05, 0.1) is 5.56 Å². The number of hydrogen-bond donors (Lipinski definition) is 0. The van der Waals surface area contributed by atoms with Crippen molar-refractivity contribution in [1.82, 2.24) is 9.97 Å². The maximum atomic E-state index is 12.9. The number of aromatic nitrogens is 2. The summed E-state index contributed by atoms with van der Waals surface area (Å²) in [5.74, 6) is 0.682. The maximum absolute atomic E-state index is 12.9. The van der Waals surface area contributed by atoms with Crippen LogP contribution < -0.4 is 9.80 Å². The predicted molar refractivity (Wildman–Crippen MR) is 106 cm³/mol. The summed E-state index contributed by atoms with van der Waals surface area (Å²) in [6, 6.07) is 8.49. The number of piperidine rings is 1. The first-order chi connectivity index (χ1) is 12.6. The number of nitrogens with zero attached hydrogens (tertiary/aromatic N) is 4. The minimum atomic E-state index is -0.0599. The molecule has 1 fully saturated rings. The van der Waals surface area contributed by atoms with Crippen LogP contribution in [0.15, 0.2) is 36.7 Å². The number of benzene rings is 1. The van der Waals surface area contributed by atoms with E-state index < -0.39 is 0 Å². The number of aryl methyl sites for hydroxylation is 1. The van der Waals surface area contributed by atoms with E-state index in [9.17, 15) is 4.79 Å². The van der Waals surface area contributed by atoms with Gasteiger partial charge < -0.3 is 9.80 Å². The lowest BCUT2D eigenvalue weighted by Gasteiger charge is -2.35. The van der Waals surface area contributed by atoms with Gasteiger partial charge in [-0.2, -0.15) is 0 Å². The third-order valence-electron chi connectivity index (χ3n) is 5.12. The van der Waals surface area contributed by atoms with E-state index in [0.717, 1.165) is 30.2 Å². The maximum Gasteiger partial charge on any atom is 0.261 e. The molecule has 1 unspecified atom stereocenters. The Kier molecular flexibility index (Phi) is 5.86. The van der Waals surface area contributed by atoms with Gasteiger partial charge in [-0.1, -0.05) is 19.1 Å². The van der Waals surface area contributed by atoms with Crippen LogP contribution in [-0.2, 0) is 0 Å². The monoisotopic (exact) mass is 352 g/mol. The second-order valence-corrected chi connectivity index (χ2v) is 6.91. The zero-order chi connectivity index (χ0) is 18.5.